The topological polar surface area (TPSA) is 50.1 Å². The molecule has 116 valence electrons. The maximum atomic E-state index is 6.27. The Morgan fingerprint density at radius 3 is 2.86 bits per heavy atom. The third-order valence-corrected chi connectivity index (χ3v) is 4.72. The lowest BCUT2D eigenvalue weighted by Gasteiger charge is -2.33. The van der Waals surface area contributed by atoms with Crippen LogP contribution in [0.3, 0.4) is 0 Å². The largest absolute Gasteiger partial charge is 0.472 e. The summed E-state index contributed by atoms with van der Waals surface area (Å²) in [6.07, 6.45) is 8.36. The molecule has 1 aliphatic carbocycles. The Hall–Kier alpha value is -0.880. The van der Waals surface area contributed by atoms with Crippen molar-refractivity contribution < 1.29 is 23.4 Å². The van der Waals surface area contributed by atoms with E-state index < -0.39 is 5.79 Å². The number of hydrogen-bond acceptors (Lipinski definition) is 5. The van der Waals surface area contributed by atoms with Gasteiger partial charge in [0.25, 0.3) is 0 Å². The second kappa shape index (κ2) is 5.39. The quantitative estimate of drug-likeness (QED) is 0.857. The third-order valence-electron chi connectivity index (χ3n) is 4.72. The molecule has 0 radical (unpaired) electrons. The fourth-order valence-electron chi connectivity index (χ4n) is 3.62. The van der Waals surface area contributed by atoms with Crippen molar-refractivity contribution >= 4 is 0 Å². The van der Waals surface area contributed by atoms with Gasteiger partial charge in [0.2, 0.25) is 0 Å². The monoisotopic (exact) mass is 294 g/mol. The summed E-state index contributed by atoms with van der Waals surface area (Å²) in [6.45, 7) is 2.52. The Balaban J connectivity index is 1.42. The normalized spacial score (nSPS) is 38.0. The van der Waals surface area contributed by atoms with Gasteiger partial charge in [0, 0.05) is 18.4 Å². The Kier molecular flexibility index (Phi) is 3.53. The Morgan fingerprint density at radius 1 is 1.24 bits per heavy atom. The summed E-state index contributed by atoms with van der Waals surface area (Å²) in [4.78, 5) is 0. The van der Waals surface area contributed by atoms with Crippen LogP contribution in [-0.4, -0.2) is 30.4 Å². The van der Waals surface area contributed by atoms with Gasteiger partial charge in [-0.3, -0.25) is 0 Å². The van der Waals surface area contributed by atoms with Crippen molar-refractivity contribution in [3.63, 3.8) is 0 Å². The van der Waals surface area contributed by atoms with Crippen LogP contribution in [0.2, 0.25) is 0 Å². The summed E-state index contributed by atoms with van der Waals surface area (Å²) in [6, 6.07) is 1.91. The first kappa shape index (κ1) is 13.8. The molecular weight excluding hydrogens is 272 g/mol. The molecule has 2 saturated heterocycles. The zero-order valence-corrected chi connectivity index (χ0v) is 12.3. The predicted molar refractivity (Wildman–Crippen MR) is 73.4 cm³/mol. The molecule has 0 amide bonds. The van der Waals surface area contributed by atoms with Gasteiger partial charge in [-0.05, 0) is 25.8 Å². The standard InChI is InChI=1S/C16H22O5/c1-11-13(18-10-12-5-8-17-9-12)14-15(19-11)21-16(20-14)6-3-2-4-7-16/h5,8-9,11,13-15H,2-4,6-7,10H2,1H3/t11-,13+,14-,15-/m1/s1. The van der Waals surface area contributed by atoms with E-state index in [1.54, 1.807) is 12.5 Å². The Bertz CT molecular complexity index is 465. The summed E-state index contributed by atoms with van der Waals surface area (Å²) in [5, 5.41) is 0. The van der Waals surface area contributed by atoms with Gasteiger partial charge in [-0.25, -0.2) is 0 Å². The van der Waals surface area contributed by atoms with Gasteiger partial charge in [0.15, 0.2) is 12.1 Å². The van der Waals surface area contributed by atoms with Crippen LogP contribution in [-0.2, 0) is 25.6 Å². The van der Waals surface area contributed by atoms with Crippen LogP contribution in [0, 0.1) is 0 Å². The lowest BCUT2D eigenvalue weighted by atomic mass is 9.94. The van der Waals surface area contributed by atoms with E-state index in [9.17, 15) is 0 Å². The molecule has 2 aliphatic heterocycles. The maximum absolute atomic E-state index is 6.27. The molecule has 1 aromatic heterocycles. The molecule has 3 heterocycles. The van der Waals surface area contributed by atoms with Gasteiger partial charge in [-0.2, -0.15) is 0 Å². The van der Waals surface area contributed by atoms with Crippen LogP contribution in [0.5, 0.6) is 0 Å². The van der Waals surface area contributed by atoms with E-state index in [2.05, 4.69) is 0 Å². The minimum atomic E-state index is -0.426. The van der Waals surface area contributed by atoms with Crippen molar-refractivity contribution in [2.75, 3.05) is 0 Å². The SMILES string of the molecule is C[C@H]1O[C@@H]2OC3(CCCCC3)O[C@@H]2[C@H]1OCc1ccoc1. The van der Waals surface area contributed by atoms with Crippen LogP contribution in [0.1, 0.15) is 44.6 Å². The average molecular weight is 294 g/mol. The van der Waals surface area contributed by atoms with E-state index in [1.165, 1.54) is 6.42 Å². The fraction of sp³-hybridized carbons (Fsp3) is 0.750. The first-order valence-corrected chi connectivity index (χ1v) is 7.90. The molecule has 0 bridgehead atoms. The maximum Gasteiger partial charge on any atom is 0.190 e. The summed E-state index contributed by atoms with van der Waals surface area (Å²) >= 11 is 0. The van der Waals surface area contributed by atoms with Crippen LogP contribution in [0.25, 0.3) is 0 Å². The molecule has 1 saturated carbocycles. The molecule has 1 spiro atoms. The molecule has 4 atom stereocenters. The summed E-state index contributed by atoms with van der Waals surface area (Å²) in [7, 11) is 0. The fourth-order valence-corrected chi connectivity index (χ4v) is 3.62. The molecule has 3 aliphatic rings. The Morgan fingerprint density at radius 2 is 2.10 bits per heavy atom. The predicted octanol–water partition coefficient (Wildman–Crippen LogP) is 2.99. The zero-order valence-electron chi connectivity index (χ0n) is 12.3. The van der Waals surface area contributed by atoms with Gasteiger partial charge >= 0.3 is 0 Å². The van der Waals surface area contributed by atoms with E-state index in [-0.39, 0.29) is 24.6 Å². The van der Waals surface area contributed by atoms with Crippen molar-refractivity contribution in [3.8, 4) is 0 Å². The summed E-state index contributed by atoms with van der Waals surface area (Å²) < 4.78 is 29.4. The minimum Gasteiger partial charge on any atom is -0.472 e. The summed E-state index contributed by atoms with van der Waals surface area (Å²) in [5.41, 5.74) is 1.02. The van der Waals surface area contributed by atoms with Crippen molar-refractivity contribution in [2.24, 2.45) is 0 Å². The van der Waals surface area contributed by atoms with Crippen LogP contribution >= 0.6 is 0 Å². The summed E-state index contributed by atoms with van der Waals surface area (Å²) in [5.74, 6) is -0.426. The van der Waals surface area contributed by atoms with Crippen molar-refractivity contribution in [1.29, 1.82) is 0 Å². The molecule has 21 heavy (non-hydrogen) atoms. The van der Waals surface area contributed by atoms with Crippen molar-refractivity contribution in [3.05, 3.63) is 24.2 Å². The minimum absolute atomic E-state index is 0.0205. The van der Waals surface area contributed by atoms with E-state index in [0.717, 1.165) is 31.2 Å². The Labute approximate surface area is 124 Å². The molecule has 0 N–H and O–H groups in total. The second-order valence-corrected chi connectivity index (χ2v) is 6.29. The van der Waals surface area contributed by atoms with Gasteiger partial charge < -0.3 is 23.4 Å². The number of furan rings is 1. The van der Waals surface area contributed by atoms with E-state index in [1.807, 2.05) is 13.0 Å². The lowest BCUT2D eigenvalue weighted by Crippen LogP contribution is -2.39. The molecule has 3 fully saturated rings. The van der Waals surface area contributed by atoms with E-state index >= 15 is 0 Å². The van der Waals surface area contributed by atoms with Crippen LogP contribution in [0.4, 0.5) is 0 Å². The number of hydrogen-bond donors (Lipinski definition) is 0. The highest BCUT2D eigenvalue weighted by Crippen LogP contribution is 2.45. The van der Waals surface area contributed by atoms with Gasteiger partial charge in [-0.1, -0.05) is 6.42 Å². The highest BCUT2D eigenvalue weighted by molar-refractivity contribution is 5.04. The molecule has 0 unspecified atom stereocenters. The van der Waals surface area contributed by atoms with Crippen LogP contribution < -0.4 is 0 Å². The molecule has 5 nitrogen and oxygen atoms in total. The highest BCUT2D eigenvalue weighted by Gasteiger charge is 2.57. The van der Waals surface area contributed by atoms with Crippen molar-refractivity contribution in [2.45, 2.75) is 76.0 Å². The number of fused-ring (bicyclic) bond motifs is 1. The van der Waals surface area contributed by atoms with Gasteiger partial charge in [-0.15, -0.1) is 0 Å². The van der Waals surface area contributed by atoms with E-state index in [4.69, 9.17) is 23.4 Å². The first-order chi connectivity index (χ1) is 10.3. The molecule has 0 aromatic carbocycles. The van der Waals surface area contributed by atoms with E-state index in [0.29, 0.717) is 6.61 Å². The lowest BCUT2D eigenvalue weighted by molar-refractivity contribution is -0.247. The molecular formula is C16H22O5. The zero-order chi connectivity index (χ0) is 14.3. The number of rotatable bonds is 3. The van der Waals surface area contributed by atoms with Gasteiger partial charge in [0.1, 0.15) is 12.2 Å². The first-order valence-electron chi connectivity index (χ1n) is 7.90. The van der Waals surface area contributed by atoms with Crippen LogP contribution in [0.15, 0.2) is 23.0 Å². The molecule has 5 heteroatoms. The third kappa shape index (κ3) is 2.52. The molecule has 4 rings (SSSR count). The van der Waals surface area contributed by atoms with Gasteiger partial charge in [0.05, 0.1) is 25.2 Å². The van der Waals surface area contributed by atoms with Crippen molar-refractivity contribution in [1.82, 2.24) is 0 Å². The smallest absolute Gasteiger partial charge is 0.190 e. The average Bonchev–Trinajstić information content (AvgIpc) is 3.15. The molecule has 1 aromatic rings. The highest BCUT2D eigenvalue weighted by atomic mass is 16.8. The number of ether oxygens (including phenoxy) is 4. The second-order valence-electron chi connectivity index (χ2n) is 6.29.